The lowest BCUT2D eigenvalue weighted by Gasteiger charge is -2.42. The predicted octanol–water partition coefficient (Wildman–Crippen LogP) is 4.66. The van der Waals surface area contributed by atoms with E-state index in [1.54, 1.807) is 7.11 Å². The number of methoxy groups -OCH3 is 1. The molecule has 2 saturated heterocycles. The Kier molecular flexibility index (Phi) is 8.10. The molecule has 2 aliphatic heterocycles. The summed E-state index contributed by atoms with van der Waals surface area (Å²) in [4.78, 5) is 15.7. The summed E-state index contributed by atoms with van der Waals surface area (Å²) in [5, 5.41) is 0. The van der Waals surface area contributed by atoms with Crippen LogP contribution in [0.4, 0.5) is 5.69 Å². The van der Waals surface area contributed by atoms with Crippen LogP contribution in [-0.2, 0) is 16.0 Å². The average molecular weight is 557 g/mol. The Morgan fingerprint density at radius 2 is 1.94 bits per heavy atom. The number of carbonyl (C=O) groups is 1. The summed E-state index contributed by atoms with van der Waals surface area (Å²) >= 11 is 2.23. The molecule has 168 valence electrons. The first kappa shape index (κ1) is 24.1. The Morgan fingerprint density at radius 1 is 1.19 bits per heavy atom. The second kappa shape index (κ2) is 10.4. The molecule has 0 aliphatic carbocycles. The largest absolute Gasteiger partial charge is 0.497 e. The van der Waals surface area contributed by atoms with E-state index in [-0.39, 0.29) is 36.3 Å². The highest BCUT2D eigenvalue weighted by atomic mass is 127. The van der Waals surface area contributed by atoms with Crippen LogP contribution in [0.3, 0.4) is 0 Å². The van der Waals surface area contributed by atoms with Gasteiger partial charge in [-0.2, -0.15) is 0 Å². The lowest BCUT2D eigenvalue weighted by atomic mass is 9.76. The number of ether oxygens (including phenoxy) is 2. The van der Waals surface area contributed by atoms with Gasteiger partial charge in [0.15, 0.2) is 0 Å². The third kappa shape index (κ3) is 5.12. The van der Waals surface area contributed by atoms with Crippen molar-refractivity contribution in [2.75, 3.05) is 26.5 Å². The van der Waals surface area contributed by atoms with Crippen molar-refractivity contribution in [3.8, 4) is 5.75 Å². The number of nitrogens with two attached hydrogens (primary N) is 1. The first-order valence-electron chi connectivity index (χ1n) is 10.5. The van der Waals surface area contributed by atoms with Gasteiger partial charge in [0, 0.05) is 33.7 Å². The van der Waals surface area contributed by atoms with Crippen LogP contribution < -0.4 is 10.5 Å². The molecule has 2 N–H and O–H groups in total. The molecule has 0 saturated carbocycles. The van der Waals surface area contributed by atoms with Gasteiger partial charge in [-0.1, -0.05) is 18.2 Å². The highest BCUT2D eigenvalue weighted by Crippen LogP contribution is 2.46. The number of halogens is 2. The maximum absolute atomic E-state index is 13.3. The predicted molar refractivity (Wildman–Crippen MR) is 134 cm³/mol. The summed E-state index contributed by atoms with van der Waals surface area (Å²) in [5.41, 5.74) is 9.01. The Hall–Kier alpha value is -1.51. The third-order valence-electron chi connectivity index (χ3n) is 6.78. The fourth-order valence-electron chi connectivity index (χ4n) is 5.07. The summed E-state index contributed by atoms with van der Waals surface area (Å²) in [6.45, 7) is 0.393. The van der Waals surface area contributed by atoms with Gasteiger partial charge in [0.2, 0.25) is 0 Å². The van der Waals surface area contributed by atoms with Crippen molar-refractivity contribution in [3.63, 3.8) is 0 Å². The van der Waals surface area contributed by atoms with Crippen LogP contribution in [0.5, 0.6) is 5.75 Å². The van der Waals surface area contributed by atoms with Gasteiger partial charge in [-0.05, 0) is 84.3 Å². The zero-order valence-electron chi connectivity index (χ0n) is 17.9. The van der Waals surface area contributed by atoms with Crippen LogP contribution in [0.1, 0.15) is 36.3 Å². The second-order valence-corrected chi connectivity index (χ2v) is 9.54. The molecule has 2 aromatic rings. The number of nitrogens with zero attached hydrogens (tertiary/aromatic N) is 1. The van der Waals surface area contributed by atoms with Gasteiger partial charge in [0.25, 0.3) is 0 Å². The van der Waals surface area contributed by atoms with Crippen molar-refractivity contribution in [2.24, 2.45) is 5.92 Å². The molecule has 5 nitrogen and oxygen atoms in total. The smallest absolute Gasteiger partial charge is 0.311 e. The van der Waals surface area contributed by atoms with E-state index in [1.807, 2.05) is 24.3 Å². The number of fused-ring (bicyclic) bond motifs is 2. The fourth-order valence-corrected chi connectivity index (χ4v) is 5.65. The number of rotatable bonds is 6. The van der Waals surface area contributed by atoms with Gasteiger partial charge in [-0.25, -0.2) is 0 Å². The van der Waals surface area contributed by atoms with Crippen LogP contribution in [-0.4, -0.2) is 43.7 Å². The van der Waals surface area contributed by atoms with Gasteiger partial charge in [0.05, 0.1) is 19.6 Å². The van der Waals surface area contributed by atoms with Crippen LogP contribution >= 0.6 is 35.0 Å². The lowest BCUT2D eigenvalue weighted by molar-refractivity contribution is -0.153. The average Bonchev–Trinajstić information content (AvgIpc) is 2.98. The summed E-state index contributed by atoms with van der Waals surface area (Å²) in [5.74, 6) is 0.827. The quantitative estimate of drug-likeness (QED) is 0.319. The Balaban J connectivity index is 0.00000272. The normalized spacial score (nSPS) is 25.0. The van der Waals surface area contributed by atoms with Gasteiger partial charge < -0.3 is 15.2 Å². The molecule has 7 heteroatoms. The summed E-state index contributed by atoms with van der Waals surface area (Å²) in [6, 6.07) is 14.9. The first-order valence-corrected chi connectivity index (χ1v) is 11.6. The molecule has 0 amide bonds. The van der Waals surface area contributed by atoms with Crippen LogP contribution in [0.15, 0.2) is 42.5 Å². The summed E-state index contributed by atoms with van der Waals surface area (Å²) in [7, 11) is 3.83. The number of hydrogen-bond donors (Lipinski definition) is 1. The SMILES string of the molecule is COc1ccc([C@H]2C[C@@H]3CC[C@H]([C@H]2C(=O)OCCc2ccc(N)c(I)c2)N3C)cc1.Cl. The Labute approximate surface area is 204 Å². The molecule has 2 heterocycles. The molecule has 31 heavy (non-hydrogen) atoms. The molecule has 2 fully saturated rings. The van der Waals surface area contributed by atoms with Gasteiger partial charge in [-0.3, -0.25) is 9.69 Å². The fraction of sp³-hybridized carbons (Fsp3) is 0.458. The maximum Gasteiger partial charge on any atom is 0.311 e. The molecule has 0 radical (unpaired) electrons. The van der Waals surface area contributed by atoms with Crippen LogP contribution in [0.25, 0.3) is 0 Å². The molecule has 4 atom stereocenters. The molecule has 2 bridgehead atoms. The molecular formula is C24H30ClIN2O3. The maximum atomic E-state index is 13.3. The summed E-state index contributed by atoms with van der Waals surface area (Å²) < 4.78 is 12.2. The van der Waals surface area contributed by atoms with Gasteiger partial charge in [-0.15, -0.1) is 12.4 Å². The van der Waals surface area contributed by atoms with Crippen molar-refractivity contribution >= 4 is 46.7 Å². The van der Waals surface area contributed by atoms with E-state index in [4.69, 9.17) is 15.2 Å². The van der Waals surface area contributed by atoms with E-state index in [0.717, 1.165) is 39.8 Å². The van der Waals surface area contributed by atoms with Gasteiger partial charge in [0.1, 0.15) is 5.75 Å². The van der Waals surface area contributed by atoms with E-state index in [0.29, 0.717) is 19.1 Å². The van der Waals surface area contributed by atoms with Crippen LogP contribution in [0, 0.1) is 9.49 Å². The molecule has 4 rings (SSSR count). The van der Waals surface area contributed by atoms with E-state index in [1.165, 1.54) is 5.56 Å². The van der Waals surface area contributed by atoms with E-state index >= 15 is 0 Å². The van der Waals surface area contributed by atoms with Crippen molar-refractivity contribution < 1.29 is 14.3 Å². The number of hydrogen-bond acceptors (Lipinski definition) is 5. The molecule has 0 unspecified atom stereocenters. The molecule has 2 aromatic carbocycles. The highest BCUT2D eigenvalue weighted by Gasteiger charge is 2.49. The highest BCUT2D eigenvalue weighted by molar-refractivity contribution is 14.1. The molecular weight excluding hydrogens is 527 g/mol. The minimum absolute atomic E-state index is 0. The molecule has 0 aromatic heterocycles. The van der Waals surface area contributed by atoms with E-state index < -0.39 is 0 Å². The monoisotopic (exact) mass is 556 g/mol. The zero-order valence-corrected chi connectivity index (χ0v) is 20.9. The Bertz CT molecular complexity index is 908. The van der Waals surface area contributed by atoms with E-state index in [2.05, 4.69) is 52.7 Å². The van der Waals surface area contributed by atoms with Crippen molar-refractivity contribution in [2.45, 2.75) is 43.7 Å². The number of piperidine rings is 1. The number of carbonyl (C=O) groups excluding carboxylic acids is 1. The standard InChI is InChI=1S/C24H29IN2O3.ClH/c1-27-17-6-10-22(27)23(19(14-17)16-4-7-18(29-2)8-5-16)24(28)30-12-11-15-3-9-21(26)20(25)13-15;/h3-5,7-9,13,17,19,22-23H,6,10-12,14,26H2,1-2H3;1H/t17-,19+,22+,23-;/m0./s1. The topological polar surface area (TPSA) is 64.8 Å². The minimum Gasteiger partial charge on any atom is -0.497 e. The van der Waals surface area contributed by atoms with Gasteiger partial charge >= 0.3 is 5.97 Å². The molecule has 2 aliphatic rings. The number of anilines is 1. The number of benzene rings is 2. The van der Waals surface area contributed by atoms with Crippen molar-refractivity contribution in [3.05, 3.63) is 57.2 Å². The molecule has 0 spiro atoms. The van der Waals surface area contributed by atoms with Crippen molar-refractivity contribution in [1.29, 1.82) is 0 Å². The zero-order chi connectivity index (χ0) is 21.3. The van der Waals surface area contributed by atoms with E-state index in [9.17, 15) is 4.79 Å². The summed E-state index contributed by atoms with van der Waals surface area (Å²) in [6.07, 6.45) is 3.91. The minimum atomic E-state index is -0.131. The number of esters is 1. The Morgan fingerprint density at radius 3 is 2.61 bits per heavy atom. The first-order chi connectivity index (χ1) is 14.5. The van der Waals surface area contributed by atoms with Crippen molar-refractivity contribution in [1.82, 2.24) is 4.90 Å². The lowest BCUT2D eigenvalue weighted by Crippen LogP contribution is -2.49. The second-order valence-electron chi connectivity index (χ2n) is 8.38. The van der Waals surface area contributed by atoms with Crippen LogP contribution in [0.2, 0.25) is 0 Å². The number of nitrogen functional groups attached to an aromatic ring is 1. The third-order valence-corrected chi connectivity index (χ3v) is 7.72.